The molecule has 1 aromatic carbocycles. The Hall–Kier alpha value is -3.55. The van der Waals surface area contributed by atoms with Crippen LogP contribution in [0.4, 0.5) is 28.8 Å². The Morgan fingerprint density at radius 2 is 1.76 bits per heavy atom. The molecule has 0 atom stereocenters. The molecule has 0 spiro atoms. The van der Waals surface area contributed by atoms with Gasteiger partial charge in [0.05, 0.1) is 0 Å². The number of nitrogens with zero attached hydrogens (tertiary/aromatic N) is 3. The number of hydrogen-bond donors (Lipinski definition) is 3. The van der Waals surface area contributed by atoms with E-state index in [1.165, 1.54) is 6.33 Å². The SMILES string of the molecule is Cc1ccc(Nc2ncnc(Nc3ccc4c(c3)OCO4)c2N)nc1. The van der Waals surface area contributed by atoms with Crippen LogP contribution in [0.15, 0.2) is 42.9 Å². The molecule has 0 bridgehead atoms. The monoisotopic (exact) mass is 336 g/mol. The predicted molar refractivity (Wildman–Crippen MR) is 94.5 cm³/mol. The summed E-state index contributed by atoms with van der Waals surface area (Å²) in [6, 6.07) is 9.35. The Morgan fingerprint density at radius 3 is 2.56 bits per heavy atom. The molecule has 1 aliphatic rings. The van der Waals surface area contributed by atoms with Crippen molar-refractivity contribution in [1.82, 2.24) is 15.0 Å². The molecule has 1 aliphatic heterocycles. The Morgan fingerprint density at radius 1 is 0.960 bits per heavy atom. The maximum absolute atomic E-state index is 6.19. The minimum absolute atomic E-state index is 0.228. The van der Waals surface area contributed by atoms with Gasteiger partial charge in [-0.15, -0.1) is 0 Å². The summed E-state index contributed by atoms with van der Waals surface area (Å²) in [5.74, 6) is 3.02. The lowest BCUT2D eigenvalue weighted by Gasteiger charge is -2.12. The number of nitrogen functional groups attached to an aromatic ring is 1. The van der Waals surface area contributed by atoms with Gasteiger partial charge in [-0.3, -0.25) is 0 Å². The van der Waals surface area contributed by atoms with Crippen molar-refractivity contribution in [3.8, 4) is 11.5 Å². The van der Waals surface area contributed by atoms with E-state index in [2.05, 4.69) is 25.6 Å². The largest absolute Gasteiger partial charge is 0.454 e. The molecule has 126 valence electrons. The number of ether oxygens (including phenoxy) is 2. The fourth-order valence-corrected chi connectivity index (χ4v) is 2.37. The lowest BCUT2D eigenvalue weighted by atomic mass is 10.2. The fraction of sp³-hybridized carbons (Fsp3) is 0.118. The summed E-state index contributed by atoms with van der Waals surface area (Å²) < 4.78 is 10.7. The molecule has 0 unspecified atom stereocenters. The minimum Gasteiger partial charge on any atom is -0.454 e. The number of benzene rings is 1. The van der Waals surface area contributed by atoms with Gasteiger partial charge in [-0.05, 0) is 30.7 Å². The molecule has 8 nitrogen and oxygen atoms in total. The number of aryl methyl sites for hydroxylation is 1. The topological polar surface area (TPSA) is 107 Å². The number of rotatable bonds is 4. The van der Waals surface area contributed by atoms with E-state index >= 15 is 0 Å². The van der Waals surface area contributed by atoms with Crippen molar-refractivity contribution in [2.75, 3.05) is 23.2 Å². The first-order valence-electron chi connectivity index (χ1n) is 7.66. The van der Waals surface area contributed by atoms with Gasteiger partial charge in [-0.2, -0.15) is 0 Å². The van der Waals surface area contributed by atoms with Gasteiger partial charge in [0.2, 0.25) is 6.79 Å². The fourth-order valence-electron chi connectivity index (χ4n) is 2.37. The Labute approximate surface area is 144 Å². The standard InChI is InChI=1S/C17H16N6O2/c1-10-2-5-14(19-7-10)23-17-15(18)16(20-8-21-17)22-11-3-4-12-13(6-11)25-9-24-12/h2-8H,9,18H2,1H3,(H2,19,20,21,22,23). The van der Waals surface area contributed by atoms with E-state index in [1.807, 2.05) is 37.3 Å². The van der Waals surface area contributed by atoms with Crippen molar-refractivity contribution >= 4 is 28.8 Å². The summed E-state index contributed by atoms with van der Waals surface area (Å²) in [4.78, 5) is 12.7. The van der Waals surface area contributed by atoms with E-state index in [0.717, 1.165) is 11.3 Å². The van der Waals surface area contributed by atoms with Crippen molar-refractivity contribution in [2.24, 2.45) is 0 Å². The van der Waals surface area contributed by atoms with Gasteiger partial charge >= 0.3 is 0 Å². The van der Waals surface area contributed by atoms with E-state index in [-0.39, 0.29) is 6.79 Å². The molecule has 0 saturated heterocycles. The van der Waals surface area contributed by atoms with Crippen molar-refractivity contribution < 1.29 is 9.47 Å². The van der Waals surface area contributed by atoms with E-state index < -0.39 is 0 Å². The second kappa shape index (κ2) is 6.16. The van der Waals surface area contributed by atoms with Crippen LogP contribution in [0.2, 0.25) is 0 Å². The number of anilines is 5. The lowest BCUT2D eigenvalue weighted by molar-refractivity contribution is 0.174. The highest BCUT2D eigenvalue weighted by Gasteiger charge is 2.15. The number of aromatic nitrogens is 3. The van der Waals surface area contributed by atoms with Gasteiger partial charge in [0, 0.05) is 18.0 Å². The molecule has 0 amide bonds. The van der Waals surface area contributed by atoms with Crippen LogP contribution in [0.25, 0.3) is 0 Å². The summed E-state index contributed by atoms with van der Waals surface area (Å²) >= 11 is 0. The van der Waals surface area contributed by atoms with E-state index in [1.54, 1.807) is 6.20 Å². The van der Waals surface area contributed by atoms with Gasteiger partial charge in [-0.1, -0.05) is 6.07 Å². The van der Waals surface area contributed by atoms with Crippen LogP contribution >= 0.6 is 0 Å². The highest BCUT2D eigenvalue weighted by Crippen LogP contribution is 2.36. The normalized spacial score (nSPS) is 12.0. The number of pyridine rings is 1. The summed E-state index contributed by atoms with van der Waals surface area (Å²) in [7, 11) is 0. The summed E-state index contributed by atoms with van der Waals surface area (Å²) in [5, 5.41) is 6.26. The van der Waals surface area contributed by atoms with Crippen LogP contribution in [0.1, 0.15) is 5.56 Å². The molecule has 0 radical (unpaired) electrons. The number of nitrogens with two attached hydrogens (primary N) is 1. The van der Waals surface area contributed by atoms with Crippen molar-refractivity contribution in [3.05, 3.63) is 48.4 Å². The zero-order valence-electron chi connectivity index (χ0n) is 13.5. The zero-order chi connectivity index (χ0) is 17.2. The van der Waals surface area contributed by atoms with E-state index in [9.17, 15) is 0 Å². The van der Waals surface area contributed by atoms with Crippen LogP contribution in [-0.4, -0.2) is 21.7 Å². The first-order valence-corrected chi connectivity index (χ1v) is 7.66. The number of fused-ring (bicyclic) bond motifs is 1. The average Bonchev–Trinajstić information content (AvgIpc) is 3.08. The van der Waals surface area contributed by atoms with Gasteiger partial charge < -0.3 is 25.8 Å². The second-order valence-electron chi connectivity index (χ2n) is 5.52. The Kier molecular flexibility index (Phi) is 3.70. The molecule has 3 heterocycles. The minimum atomic E-state index is 0.228. The highest BCUT2D eigenvalue weighted by atomic mass is 16.7. The number of hydrogen-bond acceptors (Lipinski definition) is 8. The van der Waals surface area contributed by atoms with E-state index in [0.29, 0.717) is 34.6 Å². The predicted octanol–water partition coefficient (Wildman–Crippen LogP) is 2.98. The van der Waals surface area contributed by atoms with Gasteiger partial charge in [0.15, 0.2) is 23.1 Å². The molecule has 4 rings (SSSR count). The summed E-state index contributed by atoms with van der Waals surface area (Å²) in [5.41, 5.74) is 8.44. The van der Waals surface area contributed by atoms with Crippen molar-refractivity contribution in [2.45, 2.75) is 6.92 Å². The number of nitrogens with one attached hydrogen (secondary N) is 2. The third-order valence-corrected chi connectivity index (χ3v) is 3.68. The highest BCUT2D eigenvalue weighted by molar-refractivity contribution is 5.80. The first-order chi connectivity index (χ1) is 12.2. The summed E-state index contributed by atoms with van der Waals surface area (Å²) in [6.07, 6.45) is 3.20. The molecule has 2 aromatic heterocycles. The molecule has 3 aromatic rings. The molecular weight excluding hydrogens is 320 g/mol. The van der Waals surface area contributed by atoms with Crippen LogP contribution in [0.3, 0.4) is 0 Å². The van der Waals surface area contributed by atoms with Crippen LogP contribution in [0, 0.1) is 6.92 Å². The van der Waals surface area contributed by atoms with Crippen molar-refractivity contribution in [3.63, 3.8) is 0 Å². The third-order valence-electron chi connectivity index (χ3n) is 3.68. The smallest absolute Gasteiger partial charge is 0.231 e. The molecule has 0 fully saturated rings. The van der Waals surface area contributed by atoms with Crippen LogP contribution in [-0.2, 0) is 0 Å². The molecule has 0 saturated carbocycles. The molecular formula is C17H16N6O2. The first kappa shape index (κ1) is 15.0. The zero-order valence-corrected chi connectivity index (χ0v) is 13.5. The third kappa shape index (κ3) is 3.09. The molecule has 8 heteroatoms. The van der Waals surface area contributed by atoms with Gasteiger partial charge in [0.25, 0.3) is 0 Å². The summed E-state index contributed by atoms with van der Waals surface area (Å²) in [6.45, 7) is 2.20. The molecule has 25 heavy (non-hydrogen) atoms. The average molecular weight is 336 g/mol. The van der Waals surface area contributed by atoms with Gasteiger partial charge in [0.1, 0.15) is 17.8 Å². The Balaban J connectivity index is 1.57. The van der Waals surface area contributed by atoms with E-state index in [4.69, 9.17) is 15.2 Å². The maximum Gasteiger partial charge on any atom is 0.231 e. The molecule has 4 N–H and O–H groups in total. The quantitative estimate of drug-likeness (QED) is 0.667. The van der Waals surface area contributed by atoms with Crippen LogP contribution in [0.5, 0.6) is 11.5 Å². The molecule has 0 aliphatic carbocycles. The van der Waals surface area contributed by atoms with Gasteiger partial charge in [-0.25, -0.2) is 15.0 Å². The second-order valence-corrected chi connectivity index (χ2v) is 5.52. The Bertz CT molecular complexity index is 914. The van der Waals surface area contributed by atoms with Crippen molar-refractivity contribution in [1.29, 1.82) is 0 Å². The maximum atomic E-state index is 6.19. The lowest BCUT2D eigenvalue weighted by Crippen LogP contribution is -2.05. The van der Waals surface area contributed by atoms with Crippen LogP contribution < -0.4 is 25.8 Å².